The first kappa shape index (κ1) is 19.3. The molecular weight excluding hydrogens is 390 g/mol. The van der Waals surface area contributed by atoms with Crippen molar-refractivity contribution in [3.8, 4) is 11.8 Å². The van der Waals surface area contributed by atoms with Crippen LogP contribution in [-0.2, 0) is 4.79 Å². The third kappa shape index (κ3) is 5.23. The summed E-state index contributed by atoms with van der Waals surface area (Å²) in [6.45, 7) is -0.181. The quantitative estimate of drug-likeness (QED) is 0.632. The van der Waals surface area contributed by atoms with Crippen LogP contribution in [0.25, 0.3) is 0 Å². The molecule has 0 atom stereocenters. The number of hydrogen-bond donors (Lipinski definition) is 0. The van der Waals surface area contributed by atoms with E-state index in [4.69, 9.17) is 44.8 Å². The molecule has 0 fully saturated rings. The van der Waals surface area contributed by atoms with Gasteiger partial charge in [0.05, 0.1) is 27.6 Å². The zero-order valence-corrected chi connectivity index (χ0v) is 15.1. The SMILES string of the molecule is N#CCCN(C(=O)COc1cc(Cl)c(Cl)cc1Cl)c1ccc(F)cc1. The third-order valence-corrected chi connectivity index (χ3v) is 4.23. The van der Waals surface area contributed by atoms with Crippen molar-refractivity contribution in [1.82, 2.24) is 0 Å². The van der Waals surface area contributed by atoms with E-state index < -0.39 is 11.7 Å². The zero-order chi connectivity index (χ0) is 18.4. The minimum absolute atomic E-state index is 0.122. The molecule has 0 saturated heterocycles. The van der Waals surface area contributed by atoms with Crippen LogP contribution < -0.4 is 9.64 Å². The van der Waals surface area contributed by atoms with Crippen molar-refractivity contribution in [2.75, 3.05) is 18.1 Å². The monoisotopic (exact) mass is 400 g/mol. The largest absolute Gasteiger partial charge is 0.482 e. The van der Waals surface area contributed by atoms with Crippen LogP contribution in [0.1, 0.15) is 6.42 Å². The molecule has 2 rings (SSSR count). The normalized spacial score (nSPS) is 10.2. The highest BCUT2D eigenvalue weighted by Crippen LogP contribution is 2.33. The Labute approximate surface area is 159 Å². The van der Waals surface area contributed by atoms with Gasteiger partial charge in [0.1, 0.15) is 11.6 Å². The van der Waals surface area contributed by atoms with Gasteiger partial charge in [0.2, 0.25) is 0 Å². The molecule has 0 saturated carbocycles. The van der Waals surface area contributed by atoms with E-state index in [2.05, 4.69) is 0 Å². The molecule has 4 nitrogen and oxygen atoms in total. The number of anilines is 1. The molecule has 0 aliphatic rings. The first-order chi connectivity index (χ1) is 11.9. The van der Waals surface area contributed by atoms with Gasteiger partial charge in [-0.1, -0.05) is 34.8 Å². The number of ether oxygens (including phenoxy) is 1. The Balaban J connectivity index is 2.13. The Bertz CT molecular complexity index is 807. The Morgan fingerprint density at radius 2 is 1.76 bits per heavy atom. The van der Waals surface area contributed by atoms with Crippen molar-refractivity contribution in [2.45, 2.75) is 6.42 Å². The number of amides is 1. The highest BCUT2D eigenvalue weighted by atomic mass is 35.5. The molecule has 0 aliphatic carbocycles. The Morgan fingerprint density at radius 1 is 1.12 bits per heavy atom. The maximum absolute atomic E-state index is 13.1. The molecule has 0 radical (unpaired) electrons. The molecule has 0 aliphatic heterocycles. The first-order valence-electron chi connectivity index (χ1n) is 7.12. The van der Waals surface area contributed by atoms with Gasteiger partial charge in [-0.05, 0) is 30.3 Å². The van der Waals surface area contributed by atoms with E-state index in [1.54, 1.807) is 0 Å². The van der Waals surface area contributed by atoms with E-state index in [1.165, 1.54) is 41.3 Å². The average molecular weight is 402 g/mol. The molecule has 0 N–H and O–H groups in total. The van der Waals surface area contributed by atoms with Crippen LogP contribution in [0.2, 0.25) is 15.1 Å². The molecule has 130 valence electrons. The molecule has 0 spiro atoms. The van der Waals surface area contributed by atoms with Crippen molar-refractivity contribution in [1.29, 1.82) is 5.26 Å². The standard InChI is InChI=1S/C17H12Cl3FN2O2/c18-13-8-15(20)16(9-14(13)19)25-10-17(24)23(7-1-6-22)12-4-2-11(21)3-5-12/h2-5,8-9H,1,7,10H2. The Kier molecular flexibility index (Phi) is 6.89. The zero-order valence-electron chi connectivity index (χ0n) is 12.8. The molecule has 0 heterocycles. The minimum atomic E-state index is -0.421. The number of nitrogens with zero attached hydrogens (tertiary/aromatic N) is 2. The number of carbonyl (C=O) groups excluding carboxylic acids is 1. The van der Waals surface area contributed by atoms with E-state index in [-0.39, 0.29) is 40.4 Å². The van der Waals surface area contributed by atoms with Gasteiger partial charge >= 0.3 is 0 Å². The fourth-order valence-corrected chi connectivity index (χ4v) is 2.60. The number of hydrogen-bond acceptors (Lipinski definition) is 3. The van der Waals surface area contributed by atoms with E-state index >= 15 is 0 Å². The second-order valence-electron chi connectivity index (χ2n) is 4.92. The van der Waals surface area contributed by atoms with Crippen molar-refractivity contribution in [3.05, 3.63) is 57.3 Å². The Hall–Kier alpha value is -2.00. The second-order valence-corrected chi connectivity index (χ2v) is 6.14. The maximum Gasteiger partial charge on any atom is 0.264 e. The number of benzene rings is 2. The fraction of sp³-hybridized carbons (Fsp3) is 0.176. The number of carbonyl (C=O) groups is 1. The molecule has 0 bridgehead atoms. The lowest BCUT2D eigenvalue weighted by atomic mass is 10.2. The van der Waals surface area contributed by atoms with Crippen LogP contribution >= 0.6 is 34.8 Å². The predicted octanol–water partition coefficient (Wildman–Crippen LogP) is 5.11. The summed E-state index contributed by atoms with van der Waals surface area (Å²) in [7, 11) is 0. The van der Waals surface area contributed by atoms with Crippen LogP contribution in [0.4, 0.5) is 10.1 Å². The van der Waals surface area contributed by atoms with Gasteiger partial charge in [-0.3, -0.25) is 4.79 Å². The predicted molar refractivity (Wildman–Crippen MR) is 96.0 cm³/mol. The molecule has 0 unspecified atom stereocenters. The van der Waals surface area contributed by atoms with Crippen molar-refractivity contribution in [3.63, 3.8) is 0 Å². The molecule has 8 heteroatoms. The van der Waals surface area contributed by atoms with Crippen LogP contribution in [-0.4, -0.2) is 19.1 Å². The van der Waals surface area contributed by atoms with Gasteiger partial charge in [0.25, 0.3) is 5.91 Å². The van der Waals surface area contributed by atoms with Crippen LogP contribution in [0.3, 0.4) is 0 Å². The summed E-state index contributed by atoms with van der Waals surface area (Å²) in [5, 5.41) is 9.49. The van der Waals surface area contributed by atoms with E-state index in [1.807, 2.05) is 6.07 Å². The lowest BCUT2D eigenvalue weighted by Gasteiger charge is -2.22. The van der Waals surface area contributed by atoms with E-state index in [0.29, 0.717) is 5.69 Å². The molecular formula is C17H12Cl3FN2O2. The fourth-order valence-electron chi connectivity index (χ4n) is 2.01. The lowest BCUT2D eigenvalue weighted by molar-refractivity contribution is -0.120. The third-order valence-electron chi connectivity index (χ3n) is 3.21. The summed E-state index contributed by atoms with van der Waals surface area (Å²) in [5.74, 6) is -0.622. The van der Waals surface area contributed by atoms with Gasteiger partial charge in [-0.25, -0.2) is 4.39 Å². The molecule has 25 heavy (non-hydrogen) atoms. The van der Waals surface area contributed by atoms with E-state index in [9.17, 15) is 9.18 Å². The van der Waals surface area contributed by atoms with Gasteiger partial charge in [-0.2, -0.15) is 5.26 Å². The second kappa shape index (κ2) is 8.91. The first-order valence-corrected chi connectivity index (χ1v) is 8.26. The smallest absolute Gasteiger partial charge is 0.264 e. The maximum atomic E-state index is 13.1. The van der Waals surface area contributed by atoms with Crippen LogP contribution in [0, 0.1) is 17.1 Å². The minimum Gasteiger partial charge on any atom is -0.482 e. The highest BCUT2D eigenvalue weighted by molar-refractivity contribution is 6.43. The molecule has 0 aromatic heterocycles. The molecule has 2 aromatic rings. The summed E-state index contributed by atoms with van der Waals surface area (Å²) in [4.78, 5) is 13.8. The average Bonchev–Trinajstić information content (AvgIpc) is 2.58. The van der Waals surface area contributed by atoms with Crippen LogP contribution in [0.5, 0.6) is 5.75 Å². The van der Waals surface area contributed by atoms with Gasteiger partial charge < -0.3 is 9.64 Å². The summed E-state index contributed by atoms with van der Waals surface area (Å²) >= 11 is 17.8. The van der Waals surface area contributed by atoms with Crippen molar-refractivity contribution >= 4 is 46.4 Å². The number of rotatable bonds is 6. The number of nitriles is 1. The van der Waals surface area contributed by atoms with Gasteiger partial charge in [0.15, 0.2) is 6.61 Å². The van der Waals surface area contributed by atoms with Gasteiger partial charge in [0, 0.05) is 18.3 Å². The summed E-state index contributed by atoms with van der Waals surface area (Å²) in [6.07, 6.45) is 0.122. The topological polar surface area (TPSA) is 53.3 Å². The van der Waals surface area contributed by atoms with Crippen LogP contribution in [0.15, 0.2) is 36.4 Å². The molecule has 2 aromatic carbocycles. The lowest BCUT2D eigenvalue weighted by Crippen LogP contribution is -2.35. The Morgan fingerprint density at radius 3 is 2.40 bits per heavy atom. The van der Waals surface area contributed by atoms with Crippen molar-refractivity contribution < 1.29 is 13.9 Å². The summed E-state index contributed by atoms with van der Waals surface area (Å²) in [5.41, 5.74) is 0.463. The number of halogens is 4. The molecule has 1 amide bonds. The summed E-state index contributed by atoms with van der Waals surface area (Å²) in [6, 6.07) is 10.2. The van der Waals surface area contributed by atoms with Crippen molar-refractivity contribution in [2.24, 2.45) is 0 Å². The van der Waals surface area contributed by atoms with E-state index in [0.717, 1.165) is 0 Å². The summed E-state index contributed by atoms with van der Waals surface area (Å²) < 4.78 is 18.5. The van der Waals surface area contributed by atoms with Gasteiger partial charge in [-0.15, -0.1) is 0 Å². The highest BCUT2D eigenvalue weighted by Gasteiger charge is 2.17.